The zero-order valence-corrected chi connectivity index (χ0v) is 25.0. The van der Waals surface area contributed by atoms with Gasteiger partial charge in [-0.3, -0.25) is 0 Å². The predicted octanol–water partition coefficient (Wildman–Crippen LogP) is 5.71. The van der Waals surface area contributed by atoms with Gasteiger partial charge in [0, 0.05) is 22.6 Å². The molecule has 2 heterocycles. The van der Waals surface area contributed by atoms with Crippen molar-refractivity contribution in [1.82, 2.24) is 19.7 Å². The summed E-state index contributed by atoms with van der Waals surface area (Å²) in [5.74, 6) is -3.60. The van der Waals surface area contributed by atoms with Crippen LogP contribution in [0.15, 0.2) is 84.8 Å². The number of thiazole rings is 1. The van der Waals surface area contributed by atoms with Gasteiger partial charge in [0.15, 0.2) is 5.60 Å². The quantitative estimate of drug-likeness (QED) is 0.140. The fourth-order valence-electron chi connectivity index (χ4n) is 4.80. The maximum absolute atomic E-state index is 15.6. The Labute approximate surface area is 265 Å². The third kappa shape index (κ3) is 6.90. The summed E-state index contributed by atoms with van der Waals surface area (Å²) in [5, 5.41) is 24.9. The van der Waals surface area contributed by atoms with Crippen LogP contribution in [-0.4, -0.2) is 43.8 Å². The third-order valence-corrected chi connectivity index (χ3v) is 8.22. The van der Waals surface area contributed by atoms with Gasteiger partial charge in [-0.15, -0.1) is 11.3 Å². The molecular weight excluding hydrogens is 620 g/mol. The van der Waals surface area contributed by atoms with Crippen molar-refractivity contribution >= 4 is 23.5 Å². The number of hydrogen-bond acceptors (Lipinski definition) is 11. The lowest BCUT2D eigenvalue weighted by Crippen LogP contribution is -2.43. The number of hydrogen-bond donors (Lipinski definition) is 1. The van der Waals surface area contributed by atoms with E-state index in [1.54, 1.807) is 48.7 Å². The Bertz CT molecular complexity index is 1880. The number of aliphatic hydroxyl groups is 1. The minimum Gasteiger partial charge on any atom is -0.424 e. The van der Waals surface area contributed by atoms with E-state index in [2.05, 4.69) is 16.2 Å². The summed E-state index contributed by atoms with van der Waals surface area (Å²) in [6, 6.07) is 17.9. The molecule has 0 amide bonds. The molecule has 0 radical (unpaired) electrons. The van der Waals surface area contributed by atoms with Gasteiger partial charge in [0.2, 0.25) is 6.79 Å². The average Bonchev–Trinajstić information content (AvgIpc) is 3.77. The van der Waals surface area contributed by atoms with Gasteiger partial charge in [0.1, 0.15) is 29.3 Å². The van der Waals surface area contributed by atoms with Gasteiger partial charge in [-0.05, 0) is 35.9 Å². The van der Waals surface area contributed by atoms with Gasteiger partial charge < -0.3 is 19.3 Å². The van der Waals surface area contributed by atoms with Crippen LogP contribution in [0, 0.1) is 23.0 Å². The lowest BCUT2D eigenvalue weighted by Gasteiger charge is -2.37. The van der Waals surface area contributed by atoms with Crippen LogP contribution in [0.5, 0.6) is 0 Å². The van der Waals surface area contributed by atoms with Gasteiger partial charge in [-0.25, -0.2) is 33.0 Å². The highest BCUT2D eigenvalue weighted by molar-refractivity contribution is 7.10. The van der Waals surface area contributed by atoms with Crippen molar-refractivity contribution in [2.45, 2.75) is 31.6 Å². The van der Waals surface area contributed by atoms with Crippen LogP contribution in [0.4, 0.5) is 13.6 Å². The highest BCUT2D eigenvalue weighted by Gasteiger charge is 2.47. The van der Waals surface area contributed by atoms with Crippen LogP contribution in [0.3, 0.4) is 0 Å². The molecule has 234 valence electrons. The Morgan fingerprint density at radius 2 is 1.89 bits per heavy atom. The number of aliphatic hydroxyl groups excluding tert-OH is 1. The number of benzene rings is 3. The van der Waals surface area contributed by atoms with Crippen molar-refractivity contribution in [2.24, 2.45) is 0 Å². The molecule has 5 aromatic rings. The summed E-state index contributed by atoms with van der Waals surface area (Å²) in [6.45, 7) is 0.0858. The zero-order valence-electron chi connectivity index (χ0n) is 24.2. The van der Waals surface area contributed by atoms with E-state index in [9.17, 15) is 19.1 Å². The van der Waals surface area contributed by atoms with Gasteiger partial charge in [0.25, 0.3) is 0 Å². The topological polar surface area (TPSA) is 149 Å². The fourth-order valence-corrected chi connectivity index (χ4v) is 5.76. The van der Waals surface area contributed by atoms with Crippen LogP contribution in [0.25, 0.3) is 11.3 Å². The standard InChI is InChI=1S/C32H25F2N5O6S/c1-20(29-38-28(15-46-29)22-8-6-21(13-35)7-9-22)32(16-39-18-36-17-37-39,26-11-10-24(33)12-27(26)34)45-31(42)44-19-43-30(41)25-5-3-2-4-23(25)14-40/h2-12,15,17-18,20,40H,14,16,19H2,1H3. The normalized spacial score (nSPS) is 12.8. The minimum atomic E-state index is -1.93. The molecule has 0 spiro atoms. The molecule has 0 bridgehead atoms. The second-order valence-corrected chi connectivity index (χ2v) is 10.8. The molecule has 0 aliphatic rings. The van der Waals surface area contributed by atoms with E-state index in [0.717, 1.165) is 12.1 Å². The molecule has 11 nitrogen and oxygen atoms in total. The average molecular weight is 646 g/mol. The lowest BCUT2D eigenvalue weighted by atomic mass is 9.81. The SMILES string of the molecule is CC(c1nc(-c2ccc(C#N)cc2)cs1)C(Cn1cncn1)(OC(=O)OCOC(=O)c1ccccc1CO)c1ccc(F)cc1F. The molecule has 2 atom stereocenters. The number of ether oxygens (including phenoxy) is 3. The summed E-state index contributed by atoms with van der Waals surface area (Å²) >= 11 is 1.22. The summed E-state index contributed by atoms with van der Waals surface area (Å²) < 4.78 is 47.1. The number of nitrogens with zero attached hydrogens (tertiary/aromatic N) is 5. The molecule has 1 N–H and O–H groups in total. The number of aromatic nitrogens is 4. The summed E-state index contributed by atoms with van der Waals surface area (Å²) in [6.07, 6.45) is 1.25. The second-order valence-electron chi connectivity index (χ2n) is 9.95. The van der Waals surface area contributed by atoms with E-state index in [1.807, 2.05) is 0 Å². The first kappa shape index (κ1) is 31.9. The molecule has 0 fully saturated rings. The summed E-state index contributed by atoms with van der Waals surface area (Å²) in [4.78, 5) is 34.5. The number of halogens is 2. The molecule has 0 aliphatic carbocycles. The van der Waals surface area contributed by atoms with Crippen LogP contribution in [-0.2, 0) is 33.0 Å². The number of rotatable bonds is 11. The summed E-state index contributed by atoms with van der Waals surface area (Å²) in [7, 11) is 0. The molecule has 46 heavy (non-hydrogen) atoms. The molecular formula is C32H25F2N5O6S. The van der Waals surface area contributed by atoms with Crippen molar-refractivity contribution in [3.8, 4) is 17.3 Å². The molecule has 5 rings (SSSR count). The first-order valence-electron chi connectivity index (χ1n) is 13.7. The Kier molecular flexibility index (Phi) is 9.75. The van der Waals surface area contributed by atoms with Crippen molar-refractivity contribution in [3.05, 3.63) is 124 Å². The number of esters is 1. The number of carbonyl (C=O) groups excluding carboxylic acids is 2. The first-order chi connectivity index (χ1) is 22.2. The van der Waals surface area contributed by atoms with Crippen LogP contribution in [0.2, 0.25) is 0 Å². The Morgan fingerprint density at radius 1 is 1.11 bits per heavy atom. The predicted molar refractivity (Wildman–Crippen MR) is 159 cm³/mol. The zero-order chi connectivity index (χ0) is 32.7. The van der Waals surface area contributed by atoms with E-state index in [-0.39, 0.29) is 17.7 Å². The molecule has 0 saturated heterocycles. The van der Waals surface area contributed by atoms with Gasteiger partial charge >= 0.3 is 12.1 Å². The van der Waals surface area contributed by atoms with E-state index in [4.69, 9.17) is 24.5 Å². The number of nitriles is 1. The summed E-state index contributed by atoms with van der Waals surface area (Å²) in [5.41, 5.74) is 0.00387. The van der Waals surface area contributed by atoms with E-state index >= 15 is 4.39 Å². The first-order valence-corrected chi connectivity index (χ1v) is 14.6. The highest BCUT2D eigenvalue weighted by Crippen LogP contribution is 2.45. The molecule has 0 saturated carbocycles. The van der Waals surface area contributed by atoms with E-state index in [0.29, 0.717) is 33.5 Å². The highest BCUT2D eigenvalue weighted by atomic mass is 32.1. The van der Waals surface area contributed by atoms with Gasteiger partial charge in [0.05, 0.1) is 42.0 Å². The molecule has 3 aromatic carbocycles. The molecule has 0 aliphatic heterocycles. The monoisotopic (exact) mass is 645 g/mol. The largest absolute Gasteiger partial charge is 0.512 e. The van der Waals surface area contributed by atoms with Crippen LogP contribution < -0.4 is 0 Å². The maximum Gasteiger partial charge on any atom is 0.512 e. The van der Waals surface area contributed by atoms with Crippen LogP contribution in [0.1, 0.15) is 44.9 Å². The molecule has 14 heteroatoms. The lowest BCUT2D eigenvalue weighted by molar-refractivity contribution is -0.0882. The molecule has 2 aromatic heterocycles. The third-order valence-electron chi connectivity index (χ3n) is 7.19. The smallest absolute Gasteiger partial charge is 0.424 e. The van der Waals surface area contributed by atoms with Crippen molar-refractivity contribution in [2.75, 3.05) is 6.79 Å². The van der Waals surface area contributed by atoms with Gasteiger partial charge in [-0.1, -0.05) is 37.3 Å². The van der Waals surface area contributed by atoms with Gasteiger partial charge in [-0.2, -0.15) is 10.4 Å². The maximum atomic E-state index is 15.6. The Hall–Kier alpha value is -5.52. The van der Waals surface area contributed by atoms with Crippen LogP contribution >= 0.6 is 11.3 Å². The Morgan fingerprint density at radius 3 is 2.59 bits per heavy atom. The van der Waals surface area contributed by atoms with Crippen molar-refractivity contribution < 1.29 is 37.7 Å². The fraction of sp³-hybridized carbons (Fsp3) is 0.188. The molecule has 2 unspecified atom stereocenters. The second kappa shape index (κ2) is 14.1. The van der Waals surface area contributed by atoms with Crippen molar-refractivity contribution in [3.63, 3.8) is 0 Å². The number of carbonyl (C=O) groups is 2. The van der Waals surface area contributed by atoms with E-state index in [1.165, 1.54) is 40.8 Å². The minimum absolute atomic E-state index is 0.0753. The van der Waals surface area contributed by atoms with Crippen molar-refractivity contribution in [1.29, 1.82) is 5.26 Å². The van der Waals surface area contributed by atoms with E-state index < -0.39 is 48.7 Å². The Balaban J connectivity index is 1.47.